The molecule has 4 nitrogen and oxygen atoms in total. The highest BCUT2D eigenvalue weighted by Crippen LogP contribution is 2.26. The van der Waals surface area contributed by atoms with Gasteiger partial charge >= 0.3 is 0 Å². The predicted octanol–water partition coefficient (Wildman–Crippen LogP) is 4.92. The van der Waals surface area contributed by atoms with Crippen LogP contribution in [0.4, 0.5) is 5.69 Å². The van der Waals surface area contributed by atoms with Crippen LogP contribution in [-0.2, 0) is 6.61 Å². The largest absolute Gasteiger partial charge is 0.492 e. The molecule has 4 heteroatoms. The van der Waals surface area contributed by atoms with Crippen LogP contribution in [0.3, 0.4) is 0 Å². The Kier molecular flexibility index (Phi) is 5.88. The van der Waals surface area contributed by atoms with Crippen molar-refractivity contribution in [3.05, 3.63) is 90.0 Å². The summed E-state index contributed by atoms with van der Waals surface area (Å²) in [6.45, 7) is 2.84. The fourth-order valence-corrected chi connectivity index (χ4v) is 2.56. The van der Waals surface area contributed by atoms with Gasteiger partial charge in [0, 0.05) is 0 Å². The van der Waals surface area contributed by atoms with Crippen molar-refractivity contribution in [3.8, 4) is 11.5 Å². The van der Waals surface area contributed by atoms with Crippen molar-refractivity contribution in [1.82, 2.24) is 0 Å². The Balaban J connectivity index is 1.76. The molecule has 0 saturated carbocycles. The molecule has 132 valence electrons. The molecular weight excluding hydrogens is 326 g/mol. The number of hydrogen-bond donors (Lipinski definition) is 1. The molecule has 1 amide bonds. The third kappa shape index (κ3) is 4.42. The second-order valence-electron chi connectivity index (χ2n) is 5.65. The van der Waals surface area contributed by atoms with Crippen molar-refractivity contribution in [2.24, 2.45) is 0 Å². The summed E-state index contributed by atoms with van der Waals surface area (Å²) in [7, 11) is 0. The normalized spacial score (nSPS) is 10.2. The van der Waals surface area contributed by atoms with E-state index < -0.39 is 0 Å². The van der Waals surface area contributed by atoms with Gasteiger partial charge in [0.25, 0.3) is 5.91 Å². The van der Waals surface area contributed by atoms with Crippen LogP contribution in [0.25, 0.3) is 0 Å². The molecule has 0 saturated heterocycles. The molecule has 0 aliphatic rings. The number of para-hydroxylation sites is 3. The molecular formula is C22H21NO3. The maximum atomic E-state index is 12.8. The lowest BCUT2D eigenvalue weighted by Gasteiger charge is -2.14. The summed E-state index contributed by atoms with van der Waals surface area (Å²) in [5.74, 6) is 0.953. The Morgan fingerprint density at radius 2 is 1.46 bits per heavy atom. The SMILES string of the molecule is CCOc1ccccc1NC(=O)c1ccccc1OCc1ccccc1. The number of amides is 1. The van der Waals surface area contributed by atoms with E-state index >= 15 is 0 Å². The zero-order chi connectivity index (χ0) is 18.2. The van der Waals surface area contributed by atoms with Crippen molar-refractivity contribution in [2.45, 2.75) is 13.5 Å². The van der Waals surface area contributed by atoms with E-state index in [4.69, 9.17) is 9.47 Å². The van der Waals surface area contributed by atoms with Gasteiger partial charge in [0.1, 0.15) is 18.1 Å². The molecule has 3 rings (SSSR count). The molecule has 0 unspecified atom stereocenters. The van der Waals surface area contributed by atoms with Crippen molar-refractivity contribution in [2.75, 3.05) is 11.9 Å². The fraction of sp³-hybridized carbons (Fsp3) is 0.136. The molecule has 0 heterocycles. The Bertz CT molecular complexity index is 862. The van der Waals surface area contributed by atoms with Crippen molar-refractivity contribution < 1.29 is 14.3 Å². The zero-order valence-corrected chi connectivity index (χ0v) is 14.6. The van der Waals surface area contributed by atoms with Crippen molar-refractivity contribution in [3.63, 3.8) is 0 Å². The van der Waals surface area contributed by atoms with Crippen molar-refractivity contribution >= 4 is 11.6 Å². The Morgan fingerprint density at radius 3 is 2.23 bits per heavy atom. The van der Waals surface area contributed by atoms with Gasteiger partial charge in [0.2, 0.25) is 0 Å². The molecule has 0 fully saturated rings. The second-order valence-corrected chi connectivity index (χ2v) is 5.65. The van der Waals surface area contributed by atoms with E-state index in [0.29, 0.717) is 36.0 Å². The van der Waals surface area contributed by atoms with E-state index in [1.165, 1.54) is 0 Å². The summed E-state index contributed by atoms with van der Waals surface area (Å²) < 4.78 is 11.4. The van der Waals surface area contributed by atoms with Gasteiger partial charge in [-0.05, 0) is 36.8 Å². The maximum Gasteiger partial charge on any atom is 0.259 e. The van der Waals surface area contributed by atoms with E-state index in [0.717, 1.165) is 5.56 Å². The molecule has 1 N–H and O–H groups in total. The first kappa shape index (κ1) is 17.5. The fourth-order valence-electron chi connectivity index (χ4n) is 2.56. The minimum Gasteiger partial charge on any atom is -0.492 e. The lowest BCUT2D eigenvalue weighted by molar-refractivity contribution is 0.102. The molecule has 0 atom stereocenters. The monoisotopic (exact) mass is 347 g/mol. The topological polar surface area (TPSA) is 47.6 Å². The highest BCUT2D eigenvalue weighted by Gasteiger charge is 2.14. The van der Waals surface area contributed by atoms with Crippen LogP contribution < -0.4 is 14.8 Å². The third-order valence-corrected chi connectivity index (χ3v) is 3.80. The highest BCUT2D eigenvalue weighted by molar-refractivity contribution is 6.06. The number of carbonyl (C=O) groups excluding carboxylic acids is 1. The minimum absolute atomic E-state index is 0.235. The predicted molar refractivity (Wildman–Crippen MR) is 103 cm³/mol. The number of anilines is 1. The van der Waals surface area contributed by atoms with Gasteiger partial charge in [-0.3, -0.25) is 4.79 Å². The van der Waals surface area contributed by atoms with Crippen LogP contribution in [0.15, 0.2) is 78.9 Å². The van der Waals surface area contributed by atoms with Crippen LogP contribution in [0.2, 0.25) is 0 Å². The van der Waals surface area contributed by atoms with Gasteiger partial charge in [-0.1, -0.05) is 54.6 Å². The standard InChI is InChI=1S/C22H21NO3/c1-2-25-21-15-9-7-13-19(21)23-22(24)18-12-6-8-14-20(18)26-16-17-10-4-3-5-11-17/h3-15H,2,16H2,1H3,(H,23,24). The molecule has 3 aromatic rings. The van der Waals surface area contributed by atoms with Gasteiger partial charge in [0.15, 0.2) is 0 Å². The molecule has 0 aromatic heterocycles. The van der Waals surface area contributed by atoms with Crippen LogP contribution >= 0.6 is 0 Å². The average Bonchev–Trinajstić information content (AvgIpc) is 2.69. The third-order valence-electron chi connectivity index (χ3n) is 3.80. The van der Waals surface area contributed by atoms with Gasteiger partial charge in [-0.25, -0.2) is 0 Å². The number of hydrogen-bond acceptors (Lipinski definition) is 3. The highest BCUT2D eigenvalue weighted by atomic mass is 16.5. The number of carbonyl (C=O) groups is 1. The molecule has 0 spiro atoms. The smallest absolute Gasteiger partial charge is 0.259 e. The molecule has 26 heavy (non-hydrogen) atoms. The number of nitrogens with one attached hydrogen (secondary N) is 1. The average molecular weight is 347 g/mol. The first-order valence-electron chi connectivity index (χ1n) is 8.57. The van der Waals surface area contributed by atoms with Crippen LogP contribution in [-0.4, -0.2) is 12.5 Å². The summed E-state index contributed by atoms with van der Waals surface area (Å²) in [6, 6.07) is 24.4. The Hall–Kier alpha value is -3.27. The number of ether oxygens (including phenoxy) is 2. The van der Waals surface area contributed by atoms with Gasteiger partial charge in [-0.15, -0.1) is 0 Å². The Morgan fingerprint density at radius 1 is 0.808 bits per heavy atom. The van der Waals surface area contributed by atoms with Gasteiger partial charge in [0.05, 0.1) is 17.9 Å². The lowest BCUT2D eigenvalue weighted by Crippen LogP contribution is -2.14. The summed E-state index contributed by atoms with van der Waals surface area (Å²) in [5, 5.41) is 2.91. The lowest BCUT2D eigenvalue weighted by atomic mass is 10.1. The Labute approximate surface area is 153 Å². The summed E-state index contributed by atoms with van der Waals surface area (Å²) in [6.07, 6.45) is 0. The van der Waals surface area contributed by atoms with Crippen LogP contribution in [0, 0.1) is 0 Å². The number of rotatable bonds is 7. The van der Waals surface area contributed by atoms with Crippen LogP contribution in [0.5, 0.6) is 11.5 Å². The maximum absolute atomic E-state index is 12.8. The first-order valence-corrected chi connectivity index (χ1v) is 8.57. The first-order chi connectivity index (χ1) is 12.8. The van der Waals surface area contributed by atoms with Crippen molar-refractivity contribution in [1.29, 1.82) is 0 Å². The summed E-state index contributed by atoms with van der Waals surface area (Å²) in [5.41, 5.74) is 2.16. The molecule has 0 aliphatic heterocycles. The summed E-state index contributed by atoms with van der Waals surface area (Å²) in [4.78, 5) is 12.8. The van der Waals surface area contributed by atoms with E-state index in [2.05, 4.69) is 5.32 Å². The van der Waals surface area contributed by atoms with E-state index in [1.807, 2.05) is 73.7 Å². The second kappa shape index (κ2) is 8.72. The van der Waals surface area contributed by atoms with E-state index in [-0.39, 0.29) is 5.91 Å². The van der Waals surface area contributed by atoms with Gasteiger partial charge in [-0.2, -0.15) is 0 Å². The van der Waals surface area contributed by atoms with E-state index in [9.17, 15) is 4.79 Å². The minimum atomic E-state index is -0.235. The molecule has 0 bridgehead atoms. The van der Waals surface area contributed by atoms with Crippen LogP contribution in [0.1, 0.15) is 22.8 Å². The van der Waals surface area contributed by atoms with Gasteiger partial charge < -0.3 is 14.8 Å². The quantitative estimate of drug-likeness (QED) is 0.660. The zero-order valence-electron chi connectivity index (χ0n) is 14.6. The molecule has 0 radical (unpaired) electrons. The summed E-state index contributed by atoms with van der Waals surface area (Å²) >= 11 is 0. The molecule has 3 aromatic carbocycles. The number of benzene rings is 3. The molecule has 0 aliphatic carbocycles. The van der Waals surface area contributed by atoms with E-state index in [1.54, 1.807) is 12.1 Å².